The van der Waals surface area contributed by atoms with Crippen molar-refractivity contribution in [2.24, 2.45) is 0 Å². The fraction of sp³-hybridized carbons (Fsp3) is 0.417. The molecule has 0 radical (unpaired) electrons. The van der Waals surface area contributed by atoms with Gasteiger partial charge in [-0.3, -0.25) is 13.9 Å². The molecule has 2 aromatic rings. The Morgan fingerprint density at radius 2 is 1.74 bits per heavy atom. The highest BCUT2D eigenvalue weighted by Gasteiger charge is 2.30. The largest absolute Gasteiger partial charge is 0.494 e. The van der Waals surface area contributed by atoms with Gasteiger partial charge in [-0.25, -0.2) is 8.42 Å². The summed E-state index contributed by atoms with van der Waals surface area (Å²) in [5, 5.41) is 3.30. The van der Waals surface area contributed by atoms with Crippen LogP contribution in [0, 0.1) is 0 Å². The molecule has 0 heterocycles. The first-order valence-corrected chi connectivity index (χ1v) is 13.2. The van der Waals surface area contributed by atoms with Gasteiger partial charge in [-0.2, -0.15) is 0 Å². The van der Waals surface area contributed by atoms with E-state index in [0.29, 0.717) is 23.1 Å². The van der Waals surface area contributed by atoms with Crippen LogP contribution in [0.25, 0.3) is 0 Å². The van der Waals surface area contributed by atoms with Crippen LogP contribution in [0.2, 0.25) is 5.02 Å². The van der Waals surface area contributed by atoms with Gasteiger partial charge in [-0.15, -0.1) is 0 Å². The van der Waals surface area contributed by atoms with Gasteiger partial charge < -0.3 is 15.0 Å². The Morgan fingerprint density at radius 1 is 1.09 bits per heavy atom. The third kappa shape index (κ3) is 7.92. The lowest BCUT2D eigenvalue weighted by Crippen LogP contribution is -2.52. The van der Waals surface area contributed by atoms with Crippen molar-refractivity contribution in [3.8, 4) is 5.75 Å². The fourth-order valence-electron chi connectivity index (χ4n) is 3.31. The number of rotatable bonds is 11. The van der Waals surface area contributed by atoms with Gasteiger partial charge in [-0.1, -0.05) is 23.7 Å². The van der Waals surface area contributed by atoms with E-state index in [1.165, 1.54) is 4.90 Å². The molecule has 2 aromatic carbocycles. The van der Waals surface area contributed by atoms with Crippen molar-refractivity contribution in [3.63, 3.8) is 0 Å². The van der Waals surface area contributed by atoms with Crippen LogP contribution in [0.3, 0.4) is 0 Å². The average molecular weight is 510 g/mol. The predicted octanol–water partition coefficient (Wildman–Crippen LogP) is 3.45. The second-order valence-electron chi connectivity index (χ2n) is 8.19. The summed E-state index contributed by atoms with van der Waals surface area (Å²) in [7, 11) is -3.79. The lowest BCUT2D eigenvalue weighted by molar-refractivity contribution is -0.139. The van der Waals surface area contributed by atoms with Gasteiger partial charge >= 0.3 is 0 Å². The Bertz CT molecular complexity index is 1090. The minimum atomic E-state index is -3.79. The molecule has 0 bridgehead atoms. The summed E-state index contributed by atoms with van der Waals surface area (Å²) < 4.78 is 31.6. The number of carbonyl (C=O) groups is 2. The van der Waals surface area contributed by atoms with Crippen molar-refractivity contribution in [1.29, 1.82) is 0 Å². The molecular weight excluding hydrogens is 478 g/mol. The summed E-state index contributed by atoms with van der Waals surface area (Å²) in [5.41, 5.74) is 1.04. The number of nitrogens with one attached hydrogen (secondary N) is 1. The Morgan fingerprint density at radius 3 is 2.26 bits per heavy atom. The van der Waals surface area contributed by atoms with Gasteiger partial charge in [0.25, 0.3) is 0 Å². The molecule has 0 aliphatic rings. The molecule has 0 spiro atoms. The normalized spacial score (nSPS) is 12.2. The Kier molecular flexibility index (Phi) is 9.76. The van der Waals surface area contributed by atoms with Crippen LogP contribution in [-0.2, 0) is 26.2 Å². The summed E-state index contributed by atoms with van der Waals surface area (Å²) in [4.78, 5) is 27.5. The summed E-state index contributed by atoms with van der Waals surface area (Å²) in [6.45, 7) is 7.21. The van der Waals surface area contributed by atoms with Crippen LogP contribution in [0.4, 0.5) is 5.69 Å². The van der Waals surface area contributed by atoms with Crippen LogP contribution in [0.5, 0.6) is 5.75 Å². The van der Waals surface area contributed by atoms with E-state index in [2.05, 4.69) is 5.32 Å². The van der Waals surface area contributed by atoms with Crippen molar-refractivity contribution in [2.75, 3.05) is 23.7 Å². The van der Waals surface area contributed by atoms with Crippen LogP contribution in [0.15, 0.2) is 48.5 Å². The molecule has 0 fully saturated rings. The summed E-state index contributed by atoms with van der Waals surface area (Å²) >= 11 is 6.10. The number of carbonyl (C=O) groups excluding carboxylic acids is 2. The van der Waals surface area contributed by atoms with Crippen LogP contribution < -0.4 is 14.4 Å². The summed E-state index contributed by atoms with van der Waals surface area (Å²) in [5.74, 6) is -0.268. The van der Waals surface area contributed by atoms with E-state index in [9.17, 15) is 18.0 Å². The third-order valence-corrected chi connectivity index (χ3v) is 6.33. The fourth-order valence-corrected chi connectivity index (χ4v) is 4.37. The van der Waals surface area contributed by atoms with Gasteiger partial charge in [0.1, 0.15) is 18.3 Å². The van der Waals surface area contributed by atoms with E-state index >= 15 is 0 Å². The monoisotopic (exact) mass is 509 g/mol. The van der Waals surface area contributed by atoms with Crippen molar-refractivity contribution in [3.05, 3.63) is 59.1 Å². The summed E-state index contributed by atoms with van der Waals surface area (Å²) in [6, 6.07) is 12.4. The van der Waals surface area contributed by atoms with Crippen molar-refractivity contribution in [1.82, 2.24) is 10.2 Å². The zero-order valence-corrected chi connectivity index (χ0v) is 21.7. The zero-order valence-electron chi connectivity index (χ0n) is 20.1. The van der Waals surface area contributed by atoms with Crippen LogP contribution in [0.1, 0.15) is 33.3 Å². The molecule has 1 N–H and O–H groups in total. The van der Waals surface area contributed by atoms with Gasteiger partial charge in [0.2, 0.25) is 21.8 Å². The van der Waals surface area contributed by atoms with Gasteiger partial charge in [0.05, 0.1) is 18.6 Å². The maximum atomic E-state index is 13.4. The molecule has 1 unspecified atom stereocenters. The molecule has 0 saturated heterocycles. The average Bonchev–Trinajstić information content (AvgIpc) is 2.75. The second-order valence-corrected chi connectivity index (χ2v) is 10.5. The standard InChI is InChI=1S/C24H32ClN3O5S/c1-6-33-22-12-10-21(11-13-22)28(34(5,31)32)16-23(29)27(18(4)24(30)26-17(2)3)15-19-8-7-9-20(25)14-19/h7-14,17-18H,6,15-16H2,1-5H3,(H,26,30). The number of sulfonamides is 1. The number of ether oxygens (including phenoxy) is 1. The summed E-state index contributed by atoms with van der Waals surface area (Å²) in [6.07, 6.45) is 1.03. The van der Waals surface area contributed by atoms with Gasteiger partial charge in [0, 0.05) is 17.6 Å². The molecule has 2 amide bonds. The minimum absolute atomic E-state index is 0.0902. The second kappa shape index (κ2) is 12.1. The van der Waals surface area contributed by atoms with E-state index in [-0.39, 0.29) is 18.5 Å². The van der Waals surface area contributed by atoms with Gasteiger partial charge in [-0.05, 0) is 69.7 Å². The quantitative estimate of drug-likeness (QED) is 0.500. The topological polar surface area (TPSA) is 96.0 Å². The molecule has 0 saturated carbocycles. The number of anilines is 1. The number of halogens is 1. The smallest absolute Gasteiger partial charge is 0.244 e. The van der Waals surface area contributed by atoms with E-state index in [4.69, 9.17) is 16.3 Å². The maximum Gasteiger partial charge on any atom is 0.244 e. The third-order valence-electron chi connectivity index (χ3n) is 4.96. The SMILES string of the molecule is CCOc1ccc(N(CC(=O)N(Cc2cccc(Cl)c2)C(C)C(=O)NC(C)C)S(C)(=O)=O)cc1. The first-order chi connectivity index (χ1) is 15.9. The van der Waals surface area contributed by atoms with Crippen molar-refractivity contribution in [2.45, 2.75) is 46.3 Å². The number of nitrogens with zero attached hydrogens (tertiary/aromatic N) is 2. The molecule has 0 aliphatic heterocycles. The highest BCUT2D eigenvalue weighted by Crippen LogP contribution is 2.23. The zero-order chi connectivity index (χ0) is 25.5. The van der Waals surface area contributed by atoms with Crippen molar-refractivity contribution < 1.29 is 22.7 Å². The molecular formula is C24H32ClN3O5S. The van der Waals surface area contributed by atoms with Gasteiger partial charge in [0.15, 0.2) is 0 Å². The number of amides is 2. The molecule has 34 heavy (non-hydrogen) atoms. The molecule has 8 nitrogen and oxygen atoms in total. The van der Waals surface area contributed by atoms with Crippen LogP contribution in [-0.4, -0.2) is 56.6 Å². The molecule has 2 rings (SSSR count). The lowest BCUT2D eigenvalue weighted by atomic mass is 10.1. The molecule has 1 atom stereocenters. The molecule has 10 heteroatoms. The van der Waals surface area contributed by atoms with E-state index in [1.807, 2.05) is 20.8 Å². The first-order valence-electron chi connectivity index (χ1n) is 11.0. The Hall–Kier alpha value is -2.78. The first kappa shape index (κ1) is 27.5. The molecule has 0 aromatic heterocycles. The maximum absolute atomic E-state index is 13.4. The number of hydrogen-bond donors (Lipinski definition) is 1. The number of hydrogen-bond acceptors (Lipinski definition) is 5. The van der Waals surface area contributed by atoms with E-state index in [1.54, 1.807) is 55.5 Å². The Balaban J connectivity index is 2.37. The highest BCUT2D eigenvalue weighted by atomic mass is 35.5. The molecule has 0 aliphatic carbocycles. The lowest BCUT2D eigenvalue weighted by Gasteiger charge is -2.32. The minimum Gasteiger partial charge on any atom is -0.494 e. The van der Waals surface area contributed by atoms with E-state index in [0.717, 1.165) is 16.1 Å². The van der Waals surface area contributed by atoms with Crippen molar-refractivity contribution >= 4 is 39.1 Å². The Labute approximate surface area is 206 Å². The van der Waals surface area contributed by atoms with Crippen LogP contribution >= 0.6 is 11.6 Å². The van der Waals surface area contributed by atoms with E-state index < -0.39 is 28.5 Å². The molecule has 186 valence electrons. The number of benzene rings is 2. The predicted molar refractivity (Wildman–Crippen MR) is 135 cm³/mol. The highest BCUT2D eigenvalue weighted by molar-refractivity contribution is 7.92.